The summed E-state index contributed by atoms with van der Waals surface area (Å²) in [5.74, 6) is 0.708. The summed E-state index contributed by atoms with van der Waals surface area (Å²) in [5, 5.41) is 2.63. The van der Waals surface area contributed by atoms with Crippen LogP contribution in [0.3, 0.4) is 0 Å². The average Bonchev–Trinajstić information content (AvgIpc) is 2.86. The zero-order valence-electron chi connectivity index (χ0n) is 20.7. The third kappa shape index (κ3) is 7.68. The molecule has 12 heteroatoms. The quantitative estimate of drug-likeness (QED) is 0.346. The Labute approximate surface area is 217 Å². The first-order valence-corrected chi connectivity index (χ1v) is 14.5. The summed E-state index contributed by atoms with van der Waals surface area (Å²) in [4.78, 5) is 12.7. The van der Waals surface area contributed by atoms with Crippen molar-refractivity contribution in [1.82, 2.24) is 9.62 Å². The van der Waals surface area contributed by atoms with E-state index in [4.69, 9.17) is 9.47 Å². The minimum atomic E-state index is -3.82. The highest BCUT2D eigenvalue weighted by atomic mass is 32.2. The van der Waals surface area contributed by atoms with Crippen molar-refractivity contribution in [2.45, 2.75) is 4.90 Å². The van der Waals surface area contributed by atoms with Crippen molar-refractivity contribution in [2.24, 2.45) is 0 Å². The molecule has 0 bridgehead atoms. The first-order chi connectivity index (χ1) is 17.5. The molecular formula is C25H29N3O7S2. The molecule has 0 saturated heterocycles. The van der Waals surface area contributed by atoms with Gasteiger partial charge in [-0.05, 0) is 48.5 Å². The number of carbonyl (C=O) groups excluding carboxylic acids is 1. The van der Waals surface area contributed by atoms with Crippen molar-refractivity contribution in [1.29, 1.82) is 0 Å². The molecule has 0 saturated carbocycles. The molecule has 0 aliphatic heterocycles. The Hall–Kier alpha value is -3.61. The number of sulfonamides is 2. The molecule has 0 radical (unpaired) electrons. The topological polar surface area (TPSA) is 122 Å². The fourth-order valence-corrected chi connectivity index (χ4v) is 4.97. The van der Waals surface area contributed by atoms with Crippen molar-refractivity contribution >= 4 is 31.6 Å². The fourth-order valence-electron chi connectivity index (χ4n) is 3.21. The maximum absolute atomic E-state index is 12.6. The molecular weight excluding hydrogens is 518 g/mol. The number of para-hydroxylation sites is 3. The van der Waals surface area contributed by atoms with Gasteiger partial charge < -0.3 is 14.8 Å². The van der Waals surface area contributed by atoms with Crippen LogP contribution in [-0.2, 0) is 24.8 Å². The summed E-state index contributed by atoms with van der Waals surface area (Å²) in [7, 11) is -4.46. The molecule has 3 aromatic carbocycles. The van der Waals surface area contributed by atoms with Gasteiger partial charge in [-0.25, -0.2) is 21.1 Å². The van der Waals surface area contributed by atoms with Crippen molar-refractivity contribution in [3.63, 3.8) is 0 Å². The molecule has 10 nitrogen and oxygen atoms in total. The average molecular weight is 548 g/mol. The lowest BCUT2D eigenvalue weighted by Gasteiger charge is -2.24. The summed E-state index contributed by atoms with van der Waals surface area (Å²) >= 11 is 0. The summed E-state index contributed by atoms with van der Waals surface area (Å²) < 4.78 is 62.9. The number of nitrogens with zero attached hydrogens (tertiary/aromatic N) is 2. The van der Waals surface area contributed by atoms with Crippen LogP contribution in [0.25, 0.3) is 0 Å². The molecule has 0 aromatic heterocycles. The number of hydrogen-bond donors (Lipinski definition) is 1. The van der Waals surface area contributed by atoms with Crippen LogP contribution in [0.5, 0.6) is 17.2 Å². The second-order valence-corrected chi connectivity index (χ2v) is 12.2. The first kappa shape index (κ1) is 28.0. The molecule has 0 spiro atoms. The zero-order chi connectivity index (χ0) is 27.1. The van der Waals surface area contributed by atoms with E-state index in [1.165, 1.54) is 38.4 Å². The van der Waals surface area contributed by atoms with E-state index in [1.54, 1.807) is 48.5 Å². The minimum absolute atomic E-state index is 0.0953. The van der Waals surface area contributed by atoms with Gasteiger partial charge in [0, 0.05) is 14.1 Å². The first-order valence-electron chi connectivity index (χ1n) is 11.2. The van der Waals surface area contributed by atoms with Gasteiger partial charge >= 0.3 is 0 Å². The van der Waals surface area contributed by atoms with Crippen LogP contribution < -0.4 is 19.1 Å². The maximum Gasteiger partial charge on any atom is 0.242 e. The molecule has 3 aromatic rings. The predicted molar refractivity (Wildman–Crippen MR) is 141 cm³/mol. The van der Waals surface area contributed by atoms with Gasteiger partial charge in [-0.2, -0.15) is 0 Å². The Morgan fingerprint density at radius 2 is 1.46 bits per heavy atom. The molecule has 0 heterocycles. The molecule has 0 aliphatic rings. The number of carbonyl (C=O) groups is 1. The van der Waals surface area contributed by atoms with E-state index in [0.717, 1.165) is 14.9 Å². The van der Waals surface area contributed by atoms with E-state index < -0.39 is 32.5 Å². The molecule has 1 N–H and O–H groups in total. The van der Waals surface area contributed by atoms with Crippen LogP contribution in [0.2, 0.25) is 0 Å². The molecule has 0 fully saturated rings. The van der Waals surface area contributed by atoms with E-state index in [1.807, 2.05) is 6.07 Å². The van der Waals surface area contributed by atoms with Gasteiger partial charge in [-0.1, -0.05) is 30.3 Å². The summed E-state index contributed by atoms with van der Waals surface area (Å²) in [6.45, 7) is -0.250. The Bertz CT molecular complexity index is 1410. The van der Waals surface area contributed by atoms with Gasteiger partial charge in [0.2, 0.25) is 26.0 Å². The Morgan fingerprint density at radius 3 is 2.08 bits per heavy atom. The Morgan fingerprint density at radius 1 is 0.838 bits per heavy atom. The van der Waals surface area contributed by atoms with Crippen molar-refractivity contribution in [3.8, 4) is 17.2 Å². The van der Waals surface area contributed by atoms with Crippen LogP contribution in [0.1, 0.15) is 0 Å². The molecule has 0 atom stereocenters. The number of amides is 1. The molecule has 37 heavy (non-hydrogen) atoms. The van der Waals surface area contributed by atoms with Gasteiger partial charge in [-0.15, -0.1) is 0 Å². The van der Waals surface area contributed by atoms with Gasteiger partial charge in [0.15, 0.2) is 5.75 Å². The van der Waals surface area contributed by atoms with Crippen molar-refractivity contribution in [3.05, 3.63) is 78.9 Å². The van der Waals surface area contributed by atoms with Gasteiger partial charge in [-0.3, -0.25) is 9.10 Å². The van der Waals surface area contributed by atoms with Gasteiger partial charge in [0.25, 0.3) is 0 Å². The Balaban J connectivity index is 1.60. The second kappa shape index (κ2) is 12.1. The number of nitrogens with one attached hydrogen (secondary N) is 1. The highest BCUT2D eigenvalue weighted by Crippen LogP contribution is 2.33. The smallest absolute Gasteiger partial charge is 0.242 e. The van der Waals surface area contributed by atoms with Crippen LogP contribution in [0.15, 0.2) is 83.8 Å². The monoisotopic (exact) mass is 547 g/mol. The van der Waals surface area contributed by atoms with E-state index in [-0.39, 0.29) is 29.5 Å². The van der Waals surface area contributed by atoms with Crippen LogP contribution in [-0.4, -0.2) is 67.1 Å². The van der Waals surface area contributed by atoms with E-state index >= 15 is 0 Å². The normalized spacial score (nSPS) is 11.7. The summed E-state index contributed by atoms with van der Waals surface area (Å²) in [6.07, 6.45) is 1.02. The van der Waals surface area contributed by atoms with E-state index in [2.05, 4.69) is 5.32 Å². The summed E-state index contributed by atoms with van der Waals surface area (Å²) in [5.41, 5.74) is 0.230. The number of hydrogen-bond acceptors (Lipinski definition) is 7. The van der Waals surface area contributed by atoms with Gasteiger partial charge in [0.05, 0.1) is 23.4 Å². The maximum atomic E-state index is 12.6. The molecule has 3 rings (SSSR count). The standard InChI is InChI=1S/C25H29N3O7S2/c1-27(2)37(32,33)22-15-13-20(14-16-22)34-18-17-26-25(29)19-28(36(3,30)31)23-11-7-8-12-24(23)35-21-9-5-4-6-10-21/h4-16H,17-19H2,1-3H3,(H,26,29). The lowest BCUT2D eigenvalue weighted by molar-refractivity contribution is -0.119. The van der Waals surface area contributed by atoms with Crippen LogP contribution in [0.4, 0.5) is 5.69 Å². The molecule has 0 aliphatic carbocycles. The molecule has 198 valence electrons. The Kier molecular flexibility index (Phi) is 9.14. The van der Waals surface area contributed by atoms with Crippen molar-refractivity contribution in [2.75, 3.05) is 44.4 Å². The number of benzene rings is 3. The number of ether oxygens (including phenoxy) is 2. The largest absolute Gasteiger partial charge is 0.492 e. The molecule has 0 unspecified atom stereocenters. The highest BCUT2D eigenvalue weighted by Gasteiger charge is 2.24. The van der Waals surface area contributed by atoms with Crippen molar-refractivity contribution < 1.29 is 31.1 Å². The third-order valence-corrected chi connectivity index (χ3v) is 8.04. The number of rotatable bonds is 12. The lowest BCUT2D eigenvalue weighted by Crippen LogP contribution is -2.41. The molecule has 1 amide bonds. The van der Waals surface area contributed by atoms with Crippen LogP contribution >= 0.6 is 0 Å². The fraction of sp³-hybridized carbons (Fsp3) is 0.240. The van der Waals surface area contributed by atoms with Crippen LogP contribution in [0, 0.1) is 0 Å². The third-order valence-electron chi connectivity index (χ3n) is 5.09. The predicted octanol–water partition coefficient (Wildman–Crippen LogP) is 2.69. The minimum Gasteiger partial charge on any atom is -0.492 e. The highest BCUT2D eigenvalue weighted by molar-refractivity contribution is 7.92. The van der Waals surface area contributed by atoms with Gasteiger partial charge in [0.1, 0.15) is 24.7 Å². The van der Waals surface area contributed by atoms with E-state index in [0.29, 0.717) is 11.5 Å². The zero-order valence-corrected chi connectivity index (χ0v) is 22.3. The second-order valence-electron chi connectivity index (χ2n) is 8.11. The summed E-state index contributed by atoms with van der Waals surface area (Å²) in [6, 6.07) is 21.4. The number of anilines is 1. The van der Waals surface area contributed by atoms with E-state index in [9.17, 15) is 21.6 Å². The lowest BCUT2D eigenvalue weighted by atomic mass is 10.3. The SMILES string of the molecule is CN(C)S(=O)(=O)c1ccc(OCCNC(=O)CN(c2ccccc2Oc2ccccc2)S(C)(=O)=O)cc1.